The molecule has 1 heterocycles. The normalized spacial score (nSPS) is 16.3. The van der Waals surface area contributed by atoms with E-state index >= 15 is 0 Å². The quantitative estimate of drug-likeness (QED) is 0.680. The van der Waals surface area contributed by atoms with Gasteiger partial charge >= 0.3 is 5.97 Å². The number of carboxylic acids is 1. The van der Waals surface area contributed by atoms with Crippen molar-refractivity contribution in [3.8, 4) is 0 Å². The number of ether oxygens (including phenoxy) is 1. The monoisotopic (exact) mass is 406 g/mol. The summed E-state index contributed by atoms with van der Waals surface area (Å²) in [6.45, 7) is 4.75. The Morgan fingerprint density at radius 2 is 1.61 bits per heavy atom. The van der Waals surface area contributed by atoms with Gasteiger partial charge in [0.05, 0.1) is 12.6 Å². The van der Waals surface area contributed by atoms with Crippen molar-refractivity contribution in [2.45, 2.75) is 6.04 Å². The molecule has 152 valence electrons. The first-order valence-corrected chi connectivity index (χ1v) is 9.57. The number of benzene rings is 2. The fourth-order valence-electron chi connectivity index (χ4n) is 3.49. The van der Waals surface area contributed by atoms with Crippen molar-refractivity contribution in [3.63, 3.8) is 0 Å². The zero-order valence-corrected chi connectivity index (χ0v) is 16.5. The van der Waals surface area contributed by atoms with Crippen LogP contribution in [0.15, 0.2) is 54.6 Å². The van der Waals surface area contributed by atoms with Gasteiger partial charge in [0.1, 0.15) is 6.61 Å². The van der Waals surface area contributed by atoms with Crippen molar-refractivity contribution in [3.05, 3.63) is 70.7 Å². The lowest BCUT2D eigenvalue weighted by atomic mass is 9.96. The van der Waals surface area contributed by atoms with Crippen LogP contribution in [0.2, 0.25) is 5.02 Å². The van der Waals surface area contributed by atoms with Crippen molar-refractivity contribution in [1.82, 2.24) is 9.80 Å². The molecule has 3 N–H and O–H groups in total. The van der Waals surface area contributed by atoms with E-state index in [9.17, 15) is 4.79 Å². The number of carboxylic acid groups (broad SMARTS) is 1. The van der Waals surface area contributed by atoms with E-state index in [1.807, 2.05) is 18.2 Å². The molecule has 1 aliphatic rings. The van der Waals surface area contributed by atoms with Gasteiger partial charge in [-0.25, -0.2) is 4.79 Å². The van der Waals surface area contributed by atoms with E-state index in [1.54, 1.807) is 0 Å². The number of carbonyl (C=O) groups is 1. The van der Waals surface area contributed by atoms with Crippen LogP contribution >= 0.6 is 11.6 Å². The van der Waals surface area contributed by atoms with E-state index in [0.717, 1.165) is 37.7 Å². The minimum Gasteiger partial charge on any atom is -0.480 e. The molecule has 0 aliphatic carbocycles. The van der Waals surface area contributed by atoms with E-state index < -0.39 is 5.97 Å². The van der Waals surface area contributed by atoms with Gasteiger partial charge in [0, 0.05) is 37.7 Å². The minimum absolute atomic E-state index is 0. The number of rotatable bonds is 8. The zero-order valence-electron chi connectivity index (χ0n) is 15.8. The smallest absolute Gasteiger partial charge is 0.329 e. The molecule has 0 spiro atoms. The molecule has 1 aliphatic heterocycles. The minimum atomic E-state index is -0.923. The van der Waals surface area contributed by atoms with Gasteiger partial charge in [0.2, 0.25) is 0 Å². The summed E-state index contributed by atoms with van der Waals surface area (Å²) >= 11 is 6.08. The summed E-state index contributed by atoms with van der Waals surface area (Å²) in [5, 5.41) is 9.37. The third kappa shape index (κ3) is 6.29. The fraction of sp³-hybridized carbons (Fsp3) is 0.381. The van der Waals surface area contributed by atoms with Crippen molar-refractivity contribution in [2.75, 3.05) is 45.9 Å². The average Bonchev–Trinajstić information content (AvgIpc) is 2.69. The summed E-state index contributed by atoms with van der Waals surface area (Å²) in [5.74, 6) is -0.923. The molecule has 7 heteroatoms. The Hall–Kier alpha value is -1.96. The summed E-state index contributed by atoms with van der Waals surface area (Å²) in [6, 6.07) is 18.8. The van der Waals surface area contributed by atoms with Crippen LogP contribution in [-0.4, -0.2) is 72.3 Å². The lowest BCUT2D eigenvalue weighted by Gasteiger charge is -2.39. The number of halogens is 1. The molecule has 1 unspecified atom stereocenters. The largest absolute Gasteiger partial charge is 0.480 e. The summed E-state index contributed by atoms with van der Waals surface area (Å²) in [4.78, 5) is 15.3. The highest BCUT2D eigenvalue weighted by molar-refractivity contribution is 6.30. The van der Waals surface area contributed by atoms with Crippen LogP contribution in [0.4, 0.5) is 0 Å². The Morgan fingerprint density at radius 1 is 1.00 bits per heavy atom. The molecule has 0 aromatic heterocycles. The molecule has 0 saturated carbocycles. The van der Waals surface area contributed by atoms with Gasteiger partial charge in [0.25, 0.3) is 0 Å². The topological polar surface area (TPSA) is 84.5 Å². The molecule has 1 saturated heterocycles. The highest BCUT2D eigenvalue weighted by Crippen LogP contribution is 2.30. The molecular weight excluding hydrogens is 380 g/mol. The third-order valence-corrected chi connectivity index (χ3v) is 5.10. The number of aliphatic carboxylic acids is 1. The number of piperazine rings is 1. The second-order valence-corrected chi connectivity index (χ2v) is 7.13. The van der Waals surface area contributed by atoms with Crippen LogP contribution in [0, 0.1) is 0 Å². The van der Waals surface area contributed by atoms with E-state index in [0.29, 0.717) is 6.61 Å². The van der Waals surface area contributed by atoms with Crippen molar-refractivity contribution < 1.29 is 20.1 Å². The van der Waals surface area contributed by atoms with Crippen LogP contribution in [0.3, 0.4) is 0 Å². The van der Waals surface area contributed by atoms with Gasteiger partial charge in [0.15, 0.2) is 0 Å². The fourth-order valence-corrected chi connectivity index (χ4v) is 3.62. The second kappa shape index (κ2) is 11.1. The van der Waals surface area contributed by atoms with Gasteiger partial charge in [-0.15, -0.1) is 0 Å². The Bertz CT molecular complexity index is 719. The summed E-state index contributed by atoms with van der Waals surface area (Å²) in [5.41, 5.74) is 2.52. The SMILES string of the molecule is O.O=C(O)COCCN1CCN(C(c2ccccc2)c2ccc(Cl)cc2)CC1. The van der Waals surface area contributed by atoms with Gasteiger partial charge in [-0.3, -0.25) is 9.80 Å². The van der Waals surface area contributed by atoms with E-state index in [-0.39, 0.29) is 18.1 Å². The first-order chi connectivity index (χ1) is 13.1. The maximum Gasteiger partial charge on any atom is 0.329 e. The Labute approximate surface area is 170 Å². The van der Waals surface area contributed by atoms with Crippen LogP contribution in [0.25, 0.3) is 0 Å². The predicted octanol–water partition coefficient (Wildman–Crippen LogP) is 2.32. The number of hydrogen-bond donors (Lipinski definition) is 1. The molecule has 0 bridgehead atoms. The van der Waals surface area contributed by atoms with Gasteiger partial charge in [-0.05, 0) is 23.3 Å². The van der Waals surface area contributed by atoms with Crippen LogP contribution < -0.4 is 0 Å². The van der Waals surface area contributed by atoms with E-state index in [4.69, 9.17) is 21.4 Å². The second-order valence-electron chi connectivity index (χ2n) is 6.69. The average molecular weight is 407 g/mol. The van der Waals surface area contributed by atoms with E-state index in [2.05, 4.69) is 46.2 Å². The summed E-state index contributed by atoms with van der Waals surface area (Å²) < 4.78 is 5.15. The first-order valence-electron chi connectivity index (χ1n) is 9.20. The van der Waals surface area contributed by atoms with Gasteiger partial charge in [-0.2, -0.15) is 0 Å². The molecule has 1 fully saturated rings. The summed E-state index contributed by atoms with van der Waals surface area (Å²) in [7, 11) is 0. The predicted molar refractivity (Wildman–Crippen MR) is 110 cm³/mol. The first kappa shape index (κ1) is 22.3. The third-order valence-electron chi connectivity index (χ3n) is 4.85. The molecular formula is C21H27ClN2O4. The molecule has 3 rings (SSSR count). The molecule has 2 aromatic rings. The van der Waals surface area contributed by atoms with Crippen LogP contribution in [0.5, 0.6) is 0 Å². The molecule has 28 heavy (non-hydrogen) atoms. The maximum atomic E-state index is 10.5. The van der Waals surface area contributed by atoms with Crippen molar-refractivity contribution >= 4 is 17.6 Å². The highest BCUT2D eigenvalue weighted by Gasteiger charge is 2.26. The van der Waals surface area contributed by atoms with Gasteiger partial charge < -0.3 is 15.3 Å². The number of nitrogens with zero attached hydrogens (tertiary/aromatic N) is 2. The number of hydrogen-bond acceptors (Lipinski definition) is 4. The lowest BCUT2D eigenvalue weighted by Crippen LogP contribution is -2.48. The molecule has 6 nitrogen and oxygen atoms in total. The summed E-state index contributed by atoms with van der Waals surface area (Å²) in [6.07, 6.45) is 0. The lowest BCUT2D eigenvalue weighted by molar-refractivity contribution is -0.142. The molecule has 1 atom stereocenters. The maximum absolute atomic E-state index is 10.5. The highest BCUT2D eigenvalue weighted by atomic mass is 35.5. The molecule has 2 aromatic carbocycles. The Balaban J connectivity index is 0.00000280. The standard InChI is InChI=1S/C21H25ClN2O3.H2O/c22-19-8-6-18(7-9-19)21(17-4-2-1-3-5-17)24-12-10-23(11-13-24)14-15-27-16-20(25)26;/h1-9,21H,10-16H2,(H,25,26);1H2. The zero-order chi connectivity index (χ0) is 19.1. The van der Waals surface area contributed by atoms with Crippen molar-refractivity contribution in [2.24, 2.45) is 0 Å². The molecule has 0 amide bonds. The van der Waals surface area contributed by atoms with Crippen LogP contribution in [0.1, 0.15) is 17.2 Å². The Kier molecular flexibility index (Phi) is 8.89. The Morgan fingerprint density at radius 3 is 2.21 bits per heavy atom. The van der Waals surface area contributed by atoms with Crippen molar-refractivity contribution in [1.29, 1.82) is 0 Å². The molecule has 0 radical (unpaired) electrons. The van der Waals surface area contributed by atoms with E-state index in [1.165, 1.54) is 11.1 Å². The van der Waals surface area contributed by atoms with Crippen LogP contribution in [-0.2, 0) is 9.53 Å². The van der Waals surface area contributed by atoms with Gasteiger partial charge in [-0.1, -0.05) is 54.1 Å².